The highest BCUT2D eigenvalue weighted by molar-refractivity contribution is 5.78. The molecule has 0 aromatic carbocycles. The molecule has 23 heavy (non-hydrogen) atoms. The van der Waals surface area contributed by atoms with Gasteiger partial charge in [-0.2, -0.15) is 0 Å². The maximum absolute atomic E-state index is 15.0. The molecule has 4 unspecified atom stereocenters. The fraction of sp³-hybridized carbons (Fsp3) is 0.941. The van der Waals surface area contributed by atoms with Crippen LogP contribution in [0.15, 0.2) is 0 Å². The van der Waals surface area contributed by atoms with Crippen molar-refractivity contribution in [3.05, 3.63) is 0 Å². The highest BCUT2D eigenvalue weighted by Crippen LogP contribution is 2.30. The van der Waals surface area contributed by atoms with Gasteiger partial charge in [-0.3, -0.25) is 14.6 Å². The number of hydrogen-bond donors (Lipinski definition) is 1. The lowest BCUT2D eigenvalue weighted by Gasteiger charge is -2.49. The maximum atomic E-state index is 15.0. The Morgan fingerprint density at radius 1 is 0.957 bits per heavy atom. The van der Waals surface area contributed by atoms with Crippen LogP contribution in [0.3, 0.4) is 0 Å². The van der Waals surface area contributed by atoms with Gasteiger partial charge >= 0.3 is 0 Å². The third kappa shape index (κ3) is 2.89. The number of nitrogens with zero attached hydrogens (tertiary/aromatic N) is 3. The molecular weight excluding hydrogens is 295 g/mol. The molecule has 3 saturated heterocycles. The van der Waals surface area contributed by atoms with Gasteiger partial charge in [0, 0.05) is 57.3 Å². The first-order chi connectivity index (χ1) is 11.1. The minimum Gasteiger partial charge on any atom is -0.337 e. The third-order valence-electron chi connectivity index (χ3n) is 6.45. The lowest BCUT2D eigenvalue weighted by molar-refractivity contribution is -0.131. The van der Waals surface area contributed by atoms with Crippen LogP contribution in [0.25, 0.3) is 0 Å². The molecule has 4 fully saturated rings. The topological polar surface area (TPSA) is 52.8 Å². The van der Waals surface area contributed by atoms with Crippen molar-refractivity contribution in [2.45, 2.75) is 68.9 Å². The molecule has 5 nitrogen and oxygen atoms in total. The summed E-state index contributed by atoms with van der Waals surface area (Å²) in [6.45, 7) is 3.66. The van der Waals surface area contributed by atoms with Crippen molar-refractivity contribution in [3.8, 4) is 0 Å². The molecule has 3 heterocycles. The predicted molar refractivity (Wildman–Crippen MR) is 86.8 cm³/mol. The summed E-state index contributed by atoms with van der Waals surface area (Å²) < 4.78 is 15.0. The zero-order chi connectivity index (χ0) is 16.0. The second-order valence-electron chi connectivity index (χ2n) is 7.84. The number of halogens is 1. The van der Waals surface area contributed by atoms with Gasteiger partial charge in [0.05, 0.1) is 6.04 Å². The van der Waals surface area contributed by atoms with Crippen LogP contribution in [0.4, 0.5) is 4.39 Å². The number of amides is 1. The van der Waals surface area contributed by atoms with E-state index in [9.17, 15) is 9.18 Å². The number of alkyl halides is 1. The summed E-state index contributed by atoms with van der Waals surface area (Å²) in [5, 5.41) is 0. The fourth-order valence-electron chi connectivity index (χ4n) is 5.28. The second kappa shape index (κ2) is 6.30. The van der Waals surface area contributed by atoms with Crippen LogP contribution >= 0.6 is 0 Å². The molecule has 0 aromatic rings. The van der Waals surface area contributed by atoms with E-state index in [4.69, 9.17) is 5.73 Å². The molecule has 3 aliphatic heterocycles. The number of fused-ring (bicyclic) bond motifs is 1. The van der Waals surface area contributed by atoms with Crippen LogP contribution in [-0.4, -0.2) is 83.7 Å². The molecule has 4 rings (SSSR count). The number of carbonyl (C=O) groups excluding carboxylic acids is 1. The van der Waals surface area contributed by atoms with E-state index < -0.39 is 6.17 Å². The van der Waals surface area contributed by atoms with Crippen molar-refractivity contribution >= 4 is 5.91 Å². The lowest BCUT2D eigenvalue weighted by atomic mass is 9.93. The van der Waals surface area contributed by atoms with Crippen molar-refractivity contribution in [3.63, 3.8) is 0 Å². The summed E-state index contributed by atoms with van der Waals surface area (Å²) in [6, 6.07) is 0.529. The fourth-order valence-corrected chi connectivity index (χ4v) is 5.28. The van der Waals surface area contributed by atoms with Crippen molar-refractivity contribution in [1.29, 1.82) is 0 Å². The summed E-state index contributed by atoms with van der Waals surface area (Å²) in [7, 11) is 0. The Balaban J connectivity index is 1.40. The van der Waals surface area contributed by atoms with Gasteiger partial charge < -0.3 is 10.6 Å². The van der Waals surface area contributed by atoms with E-state index in [0.717, 1.165) is 32.6 Å². The lowest BCUT2D eigenvalue weighted by Crippen LogP contribution is -2.67. The predicted octanol–water partition coefficient (Wildman–Crippen LogP) is 0.585. The minimum atomic E-state index is -0.872. The average Bonchev–Trinajstić information content (AvgIpc) is 3.17. The molecule has 1 saturated carbocycles. The van der Waals surface area contributed by atoms with Gasteiger partial charge in [0.2, 0.25) is 5.91 Å². The normalized spacial score (nSPS) is 40.8. The molecule has 0 spiro atoms. The molecule has 6 heteroatoms. The molecule has 2 N–H and O–H groups in total. The first-order valence-electron chi connectivity index (χ1n) is 9.30. The Morgan fingerprint density at radius 3 is 2.48 bits per heavy atom. The molecule has 4 atom stereocenters. The summed E-state index contributed by atoms with van der Waals surface area (Å²) in [6.07, 6.45) is 5.65. The Labute approximate surface area is 138 Å². The van der Waals surface area contributed by atoms with Crippen molar-refractivity contribution in [2.75, 3.05) is 32.7 Å². The zero-order valence-electron chi connectivity index (χ0n) is 13.9. The van der Waals surface area contributed by atoms with Gasteiger partial charge in [0.25, 0.3) is 0 Å². The molecule has 1 aliphatic carbocycles. The number of piperidine rings is 1. The summed E-state index contributed by atoms with van der Waals surface area (Å²) in [5.74, 6) is 0.270. The van der Waals surface area contributed by atoms with Crippen molar-refractivity contribution in [1.82, 2.24) is 14.7 Å². The van der Waals surface area contributed by atoms with Crippen LogP contribution in [0.2, 0.25) is 0 Å². The van der Waals surface area contributed by atoms with Gasteiger partial charge in [0.1, 0.15) is 6.17 Å². The third-order valence-corrected chi connectivity index (χ3v) is 6.45. The van der Waals surface area contributed by atoms with Gasteiger partial charge in [-0.1, -0.05) is 12.8 Å². The first kappa shape index (κ1) is 15.8. The van der Waals surface area contributed by atoms with E-state index in [1.165, 1.54) is 25.7 Å². The van der Waals surface area contributed by atoms with E-state index >= 15 is 0 Å². The quantitative estimate of drug-likeness (QED) is 0.808. The van der Waals surface area contributed by atoms with E-state index in [0.29, 0.717) is 19.0 Å². The summed E-state index contributed by atoms with van der Waals surface area (Å²) >= 11 is 0. The Hall–Kier alpha value is -0.720. The second-order valence-corrected chi connectivity index (χ2v) is 7.84. The van der Waals surface area contributed by atoms with E-state index in [1.54, 1.807) is 0 Å². The number of piperazine rings is 1. The number of hydrogen-bond acceptors (Lipinski definition) is 4. The summed E-state index contributed by atoms with van der Waals surface area (Å²) in [4.78, 5) is 18.3. The largest absolute Gasteiger partial charge is 0.337 e. The molecule has 1 amide bonds. The number of carbonyl (C=O) groups is 1. The molecule has 130 valence electrons. The highest BCUT2D eigenvalue weighted by atomic mass is 19.1. The van der Waals surface area contributed by atoms with Gasteiger partial charge in [-0.15, -0.1) is 0 Å². The monoisotopic (exact) mass is 324 g/mol. The highest BCUT2D eigenvalue weighted by Gasteiger charge is 2.44. The minimum absolute atomic E-state index is 0.122. The van der Waals surface area contributed by atoms with Crippen molar-refractivity contribution in [2.24, 2.45) is 5.73 Å². The maximum Gasteiger partial charge on any atom is 0.222 e. The zero-order valence-corrected chi connectivity index (χ0v) is 13.9. The Kier molecular flexibility index (Phi) is 4.32. The number of likely N-dealkylation sites (tertiary alicyclic amines) is 1. The number of rotatable bonds is 2. The Morgan fingerprint density at radius 2 is 1.74 bits per heavy atom. The molecule has 4 aliphatic rings. The van der Waals surface area contributed by atoms with Crippen LogP contribution in [0.5, 0.6) is 0 Å². The van der Waals surface area contributed by atoms with Crippen LogP contribution in [-0.2, 0) is 4.79 Å². The van der Waals surface area contributed by atoms with Crippen LogP contribution in [0, 0.1) is 0 Å². The first-order valence-corrected chi connectivity index (χ1v) is 9.30. The molecular formula is C17H29FN4O. The number of nitrogens with two attached hydrogens (primary N) is 1. The van der Waals surface area contributed by atoms with Crippen LogP contribution in [0.1, 0.15) is 38.5 Å². The van der Waals surface area contributed by atoms with Crippen molar-refractivity contribution < 1.29 is 9.18 Å². The van der Waals surface area contributed by atoms with Gasteiger partial charge in [-0.05, 0) is 19.3 Å². The van der Waals surface area contributed by atoms with E-state index in [-0.39, 0.29) is 24.0 Å². The van der Waals surface area contributed by atoms with E-state index in [2.05, 4.69) is 9.80 Å². The average molecular weight is 324 g/mol. The SMILES string of the molecule is NC1CN(C2CCCC2)CC(F)C1N1CCN2C(=O)CCC2C1. The Bertz CT molecular complexity index is 444. The standard InChI is InChI=1S/C17H29FN4O/c18-14-10-21(12-3-1-2-4-12)11-15(19)17(14)20-7-8-22-13(9-20)5-6-16(22)23/h12-15,17H,1-11,19H2. The molecule has 0 radical (unpaired) electrons. The smallest absolute Gasteiger partial charge is 0.222 e. The van der Waals surface area contributed by atoms with Gasteiger partial charge in [0.15, 0.2) is 0 Å². The molecule has 0 aromatic heterocycles. The van der Waals surface area contributed by atoms with E-state index in [1.807, 2.05) is 4.90 Å². The summed E-state index contributed by atoms with van der Waals surface area (Å²) in [5.41, 5.74) is 6.42. The van der Waals surface area contributed by atoms with Crippen LogP contribution < -0.4 is 5.73 Å². The molecule has 0 bridgehead atoms. The van der Waals surface area contributed by atoms with Gasteiger partial charge in [-0.25, -0.2) is 4.39 Å².